The Balaban J connectivity index is 1.34. The minimum atomic E-state index is -4.11. The number of nitrogens with zero attached hydrogens (tertiary/aromatic N) is 3. The molecule has 0 bridgehead atoms. The van der Waals surface area contributed by atoms with Crippen LogP contribution in [0.25, 0.3) is 0 Å². The number of aromatic nitrogens is 3. The van der Waals surface area contributed by atoms with Crippen LogP contribution in [0.3, 0.4) is 0 Å². The Morgan fingerprint density at radius 3 is 3.00 bits per heavy atom. The number of aliphatic hydroxyl groups is 1. The number of hydrogen-bond donors (Lipinski definition) is 3. The van der Waals surface area contributed by atoms with Gasteiger partial charge in [-0.25, -0.2) is 15.1 Å². The maximum atomic E-state index is 13.5. The first-order valence-corrected chi connectivity index (χ1v) is 14.2. The highest BCUT2D eigenvalue weighted by Gasteiger charge is 2.35. The van der Waals surface area contributed by atoms with Crippen LogP contribution < -0.4 is 10.5 Å². The van der Waals surface area contributed by atoms with E-state index in [1.807, 2.05) is 12.1 Å². The van der Waals surface area contributed by atoms with E-state index in [4.69, 9.17) is 21.5 Å². The van der Waals surface area contributed by atoms with Crippen LogP contribution in [0.2, 0.25) is 4.34 Å². The number of ether oxygens (including phenoxy) is 1. The van der Waals surface area contributed by atoms with Crippen LogP contribution in [0.15, 0.2) is 36.9 Å². The number of halogens is 1. The van der Waals surface area contributed by atoms with Crippen LogP contribution in [-0.2, 0) is 25.6 Å². The van der Waals surface area contributed by atoms with Gasteiger partial charge in [0.25, 0.3) is 0 Å². The Labute approximate surface area is 222 Å². The molecule has 37 heavy (non-hydrogen) atoms. The van der Waals surface area contributed by atoms with Gasteiger partial charge in [0.2, 0.25) is 5.78 Å². The summed E-state index contributed by atoms with van der Waals surface area (Å²) in [5.41, 5.74) is 2.80. The van der Waals surface area contributed by atoms with Gasteiger partial charge in [-0.05, 0) is 37.0 Å². The molecular weight excluding hydrogens is 542 g/mol. The van der Waals surface area contributed by atoms with Gasteiger partial charge in [-0.2, -0.15) is 8.42 Å². The van der Waals surface area contributed by atoms with E-state index in [2.05, 4.69) is 24.5 Å². The Morgan fingerprint density at radius 1 is 1.35 bits per heavy atom. The second kappa shape index (κ2) is 10.7. The number of anilines is 1. The molecule has 0 radical (unpaired) electrons. The fourth-order valence-electron chi connectivity index (χ4n) is 4.69. The predicted octanol–water partition coefficient (Wildman–Crippen LogP) is 2.25. The summed E-state index contributed by atoms with van der Waals surface area (Å²) in [5.74, 6) is -0.453. The first-order valence-electron chi connectivity index (χ1n) is 11.5. The largest absolute Gasteiger partial charge is 0.393 e. The second-order valence-electron chi connectivity index (χ2n) is 8.92. The van der Waals surface area contributed by atoms with Gasteiger partial charge in [0.15, 0.2) is 0 Å². The van der Waals surface area contributed by atoms with E-state index in [1.165, 1.54) is 12.5 Å². The molecular formula is C23H24ClN5O6S2. The number of nitrogens with two attached hydrogens (primary N) is 1. The van der Waals surface area contributed by atoms with E-state index in [0.29, 0.717) is 40.0 Å². The number of aliphatic hydroxyl groups excluding tert-OH is 1. The quantitative estimate of drug-likeness (QED) is 0.345. The molecule has 3 aromatic rings. The Hall–Kier alpha value is -2.52. The molecule has 1 fully saturated rings. The molecule has 4 N–H and O–H groups in total. The van der Waals surface area contributed by atoms with Crippen molar-refractivity contribution in [3.63, 3.8) is 0 Å². The molecule has 196 valence electrons. The molecule has 4 atom stereocenters. The van der Waals surface area contributed by atoms with Crippen molar-refractivity contribution >= 4 is 44.8 Å². The van der Waals surface area contributed by atoms with Gasteiger partial charge < -0.3 is 15.2 Å². The third-order valence-electron chi connectivity index (χ3n) is 6.45. The van der Waals surface area contributed by atoms with Gasteiger partial charge >= 0.3 is 10.3 Å². The van der Waals surface area contributed by atoms with Crippen LogP contribution in [0, 0.1) is 5.92 Å². The van der Waals surface area contributed by atoms with Gasteiger partial charge in [0, 0.05) is 29.9 Å². The molecule has 5 rings (SSSR count). The number of ketones is 1. The maximum Gasteiger partial charge on any atom is 0.333 e. The molecule has 11 nitrogen and oxygen atoms in total. The van der Waals surface area contributed by atoms with Gasteiger partial charge in [0.1, 0.15) is 18.2 Å². The van der Waals surface area contributed by atoms with E-state index < -0.39 is 28.4 Å². The topological polar surface area (TPSA) is 167 Å². The summed E-state index contributed by atoms with van der Waals surface area (Å²) in [7, 11) is -4.11. The van der Waals surface area contributed by atoms with E-state index >= 15 is 0 Å². The van der Waals surface area contributed by atoms with Crippen LogP contribution >= 0.6 is 22.9 Å². The summed E-state index contributed by atoms with van der Waals surface area (Å²) >= 11 is 7.71. The summed E-state index contributed by atoms with van der Waals surface area (Å²) in [6.45, 7) is 0.293. The SMILES string of the molecule is NS(=O)(=O)OC[C@H]1C[C@@H](Nc2ncncc2C(=O)c2cc([C@H]3OCCc4cccnc43)c(Cl)s2)C[C@@H]1O. The third kappa shape index (κ3) is 5.82. The monoisotopic (exact) mass is 565 g/mol. The molecule has 1 aliphatic carbocycles. The lowest BCUT2D eigenvalue weighted by atomic mass is 9.99. The molecule has 0 aromatic carbocycles. The predicted molar refractivity (Wildman–Crippen MR) is 136 cm³/mol. The Morgan fingerprint density at radius 2 is 2.19 bits per heavy atom. The number of carbonyl (C=O) groups is 1. The van der Waals surface area contributed by atoms with Crippen molar-refractivity contribution in [1.29, 1.82) is 0 Å². The van der Waals surface area contributed by atoms with Crippen LogP contribution in [0.4, 0.5) is 5.82 Å². The molecule has 3 aromatic heterocycles. The van der Waals surface area contributed by atoms with Crippen molar-refractivity contribution in [3.05, 3.63) is 68.5 Å². The lowest BCUT2D eigenvalue weighted by molar-refractivity contribution is 0.0667. The maximum absolute atomic E-state index is 13.5. The van der Waals surface area contributed by atoms with E-state index in [-0.39, 0.29) is 24.0 Å². The average Bonchev–Trinajstić information content (AvgIpc) is 3.43. The molecule has 2 aliphatic rings. The van der Waals surface area contributed by atoms with Crippen LogP contribution in [-0.4, -0.2) is 59.6 Å². The highest BCUT2D eigenvalue weighted by molar-refractivity contribution is 7.84. The van der Waals surface area contributed by atoms with Gasteiger partial charge in [0.05, 0.1) is 39.8 Å². The smallest absolute Gasteiger partial charge is 0.333 e. The van der Waals surface area contributed by atoms with E-state index in [1.54, 1.807) is 12.3 Å². The number of nitrogens with one attached hydrogen (secondary N) is 1. The Kier molecular flexibility index (Phi) is 7.54. The number of rotatable bonds is 8. The highest BCUT2D eigenvalue weighted by atomic mass is 35.5. The second-order valence-corrected chi connectivity index (χ2v) is 11.8. The number of pyridine rings is 1. The molecule has 4 heterocycles. The van der Waals surface area contributed by atoms with Crippen LogP contribution in [0.5, 0.6) is 0 Å². The third-order valence-corrected chi connectivity index (χ3v) is 8.30. The van der Waals surface area contributed by atoms with E-state index in [0.717, 1.165) is 29.0 Å². The first kappa shape index (κ1) is 26.1. The lowest BCUT2D eigenvalue weighted by Crippen LogP contribution is -2.24. The minimum Gasteiger partial charge on any atom is -0.393 e. The fraction of sp³-hybridized carbons (Fsp3) is 0.391. The zero-order valence-electron chi connectivity index (χ0n) is 19.4. The van der Waals surface area contributed by atoms with Gasteiger partial charge in [-0.15, -0.1) is 11.3 Å². The van der Waals surface area contributed by atoms with Gasteiger partial charge in [-0.1, -0.05) is 17.7 Å². The zero-order chi connectivity index (χ0) is 26.2. The summed E-state index contributed by atoms with van der Waals surface area (Å²) in [6, 6.07) is 5.34. The van der Waals surface area contributed by atoms with Crippen molar-refractivity contribution in [2.75, 3.05) is 18.5 Å². The summed E-state index contributed by atoms with van der Waals surface area (Å²) in [6.07, 6.45) is 4.66. The van der Waals surface area contributed by atoms with Crippen molar-refractivity contribution in [2.24, 2.45) is 11.1 Å². The van der Waals surface area contributed by atoms with Gasteiger partial charge in [-0.3, -0.25) is 14.0 Å². The minimum absolute atomic E-state index is 0.231. The Bertz CT molecular complexity index is 1420. The lowest BCUT2D eigenvalue weighted by Gasteiger charge is -2.24. The van der Waals surface area contributed by atoms with Crippen molar-refractivity contribution in [3.8, 4) is 0 Å². The summed E-state index contributed by atoms with van der Waals surface area (Å²) < 4.78 is 33.2. The summed E-state index contributed by atoms with van der Waals surface area (Å²) in [4.78, 5) is 26.6. The highest BCUT2D eigenvalue weighted by Crippen LogP contribution is 2.40. The molecule has 0 saturated heterocycles. The van der Waals surface area contributed by atoms with Crippen LogP contribution in [0.1, 0.15) is 51.0 Å². The number of thiophene rings is 1. The first-order chi connectivity index (χ1) is 17.7. The van der Waals surface area contributed by atoms with E-state index in [9.17, 15) is 18.3 Å². The van der Waals surface area contributed by atoms with Crippen molar-refractivity contribution < 1.29 is 27.2 Å². The van der Waals surface area contributed by atoms with Crippen molar-refractivity contribution in [2.45, 2.75) is 37.5 Å². The molecule has 0 spiro atoms. The molecule has 14 heteroatoms. The van der Waals surface area contributed by atoms with Crippen molar-refractivity contribution in [1.82, 2.24) is 15.0 Å². The normalized spacial score (nSPS) is 23.5. The average molecular weight is 566 g/mol. The molecule has 1 aliphatic heterocycles. The standard InChI is InChI=1S/C23H24ClN5O6S2/c24-22-15(21-19-12(3-5-34-21)2-1-4-27-19)8-18(36-22)20(31)16-9-26-11-28-23(16)29-14-6-13(17(30)7-14)10-35-37(25,32)33/h1-2,4,8-9,11,13-14,17,21,30H,3,5-7,10H2,(H2,25,32,33)(H,26,28,29)/t13-,14-,17+,21-/m1/s1. The number of hydrogen-bond acceptors (Lipinski definition) is 11. The fourth-order valence-corrected chi connectivity index (χ4v) is 6.33. The number of carbonyl (C=O) groups excluding carboxylic acids is 1. The number of fused-ring (bicyclic) bond motifs is 1. The molecule has 0 unspecified atom stereocenters. The molecule has 0 amide bonds. The summed E-state index contributed by atoms with van der Waals surface area (Å²) in [5, 5.41) is 18.4. The molecule has 1 saturated carbocycles. The zero-order valence-corrected chi connectivity index (χ0v) is 21.8.